The minimum absolute atomic E-state index is 0.0545. The summed E-state index contributed by atoms with van der Waals surface area (Å²) in [5.41, 5.74) is -1.07. The van der Waals surface area contributed by atoms with E-state index in [1.54, 1.807) is 13.8 Å². The molecule has 0 spiro atoms. The highest BCUT2D eigenvalue weighted by Gasteiger charge is 2.33. The molecule has 0 unspecified atom stereocenters. The van der Waals surface area contributed by atoms with Gasteiger partial charge in [-0.25, -0.2) is 8.42 Å². The molecule has 10 heteroatoms. The fourth-order valence-corrected chi connectivity index (χ4v) is 5.47. The molecule has 1 amide bonds. The van der Waals surface area contributed by atoms with Crippen molar-refractivity contribution in [2.75, 3.05) is 13.1 Å². The first-order chi connectivity index (χ1) is 14.8. The van der Waals surface area contributed by atoms with E-state index in [-0.39, 0.29) is 20.9 Å². The number of rotatable bonds is 5. The molecule has 176 valence electrons. The molecule has 0 atom stereocenters. The lowest BCUT2D eigenvalue weighted by Gasteiger charge is -2.23. The molecule has 1 saturated heterocycles. The Morgan fingerprint density at radius 2 is 1.72 bits per heavy atom. The number of carbonyl (C=O) groups excluding carboxylic acids is 1. The van der Waals surface area contributed by atoms with Crippen molar-refractivity contribution < 1.29 is 17.7 Å². The van der Waals surface area contributed by atoms with Crippen molar-refractivity contribution in [1.82, 2.24) is 19.8 Å². The Balaban J connectivity index is 1.85. The first kappa shape index (κ1) is 24.7. The number of sulfonamides is 1. The Morgan fingerprint density at radius 3 is 2.28 bits per heavy atom. The number of nitrogens with zero attached hydrogens (tertiary/aromatic N) is 3. The summed E-state index contributed by atoms with van der Waals surface area (Å²) >= 11 is 6.25. The predicted molar refractivity (Wildman–Crippen MR) is 122 cm³/mol. The van der Waals surface area contributed by atoms with Gasteiger partial charge in [-0.1, -0.05) is 50.4 Å². The number of aromatic nitrogens is 2. The minimum atomic E-state index is -3.80. The molecule has 0 bridgehead atoms. The Labute approximate surface area is 194 Å². The number of benzene rings is 1. The van der Waals surface area contributed by atoms with E-state index in [0.29, 0.717) is 24.8 Å². The van der Waals surface area contributed by atoms with Crippen LogP contribution in [0.3, 0.4) is 0 Å². The number of hydrogen-bond acceptors (Lipinski definition) is 6. The van der Waals surface area contributed by atoms with E-state index >= 15 is 0 Å². The first-order valence-corrected chi connectivity index (χ1v) is 12.6. The Kier molecular flexibility index (Phi) is 7.02. The van der Waals surface area contributed by atoms with Crippen LogP contribution in [0.5, 0.6) is 0 Å². The summed E-state index contributed by atoms with van der Waals surface area (Å²) in [6.07, 6.45) is 3.63. The normalized spacial score (nSPS) is 16.6. The zero-order valence-corrected chi connectivity index (χ0v) is 20.8. The topological polar surface area (TPSA) is 105 Å². The molecule has 2 heterocycles. The van der Waals surface area contributed by atoms with Gasteiger partial charge in [0.15, 0.2) is 5.82 Å². The van der Waals surface area contributed by atoms with Crippen LogP contribution in [0.4, 0.5) is 0 Å². The fourth-order valence-electron chi connectivity index (χ4n) is 3.46. The van der Waals surface area contributed by atoms with E-state index in [1.807, 2.05) is 20.8 Å². The van der Waals surface area contributed by atoms with Gasteiger partial charge < -0.3 is 9.84 Å². The lowest BCUT2D eigenvalue weighted by Crippen LogP contribution is -2.42. The summed E-state index contributed by atoms with van der Waals surface area (Å²) < 4.78 is 33.2. The zero-order chi connectivity index (χ0) is 23.7. The van der Waals surface area contributed by atoms with Crippen LogP contribution in [0.2, 0.25) is 5.02 Å². The van der Waals surface area contributed by atoms with Crippen LogP contribution in [0.25, 0.3) is 0 Å². The third-order valence-corrected chi connectivity index (χ3v) is 7.81. The fraction of sp³-hybridized carbons (Fsp3) is 0.591. The van der Waals surface area contributed by atoms with Crippen LogP contribution in [-0.2, 0) is 21.0 Å². The van der Waals surface area contributed by atoms with E-state index in [0.717, 1.165) is 25.7 Å². The summed E-state index contributed by atoms with van der Waals surface area (Å²) in [6, 6.07) is 4.29. The van der Waals surface area contributed by atoms with Gasteiger partial charge in [-0.15, -0.1) is 0 Å². The van der Waals surface area contributed by atoms with Crippen molar-refractivity contribution in [1.29, 1.82) is 0 Å². The maximum atomic E-state index is 13.2. The van der Waals surface area contributed by atoms with Gasteiger partial charge in [0.05, 0.1) is 10.6 Å². The van der Waals surface area contributed by atoms with E-state index in [4.69, 9.17) is 16.1 Å². The number of carbonyl (C=O) groups is 1. The quantitative estimate of drug-likeness (QED) is 0.682. The second-order valence-electron chi connectivity index (χ2n) is 9.72. The van der Waals surface area contributed by atoms with E-state index in [9.17, 15) is 13.2 Å². The molecule has 1 aliphatic heterocycles. The molecule has 1 aromatic carbocycles. The molecule has 0 saturated carbocycles. The molecule has 3 rings (SSSR count). The van der Waals surface area contributed by atoms with E-state index < -0.39 is 21.5 Å². The smallest absolute Gasteiger partial charge is 0.252 e. The van der Waals surface area contributed by atoms with E-state index in [2.05, 4.69) is 15.5 Å². The van der Waals surface area contributed by atoms with Crippen LogP contribution < -0.4 is 5.32 Å². The molecular formula is C22H31ClN4O4S. The van der Waals surface area contributed by atoms with Gasteiger partial charge in [-0.05, 0) is 44.9 Å². The molecule has 8 nitrogen and oxygen atoms in total. The predicted octanol–water partition coefficient (Wildman–Crippen LogP) is 4.25. The van der Waals surface area contributed by atoms with Gasteiger partial charge in [0.25, 0.3) is 5.91 Å². The molecule has 1 aromatic heterocycles. The van der Waals surface area contributed by atoms with Crippen molar-refractivity contribution in [2.24, 2.45) is 0 Å². The molecule has 1 fully saturated rings. The lowest BCUT2D eigenvalue weighted by atomic mass is 9.97. The maximum Gasteiger partial charge on any atom is 0.252 e. The average molecular weight is 483 g/mol. The van der Waals surface area contributed by atoms with Crippen molar-refractivity contribution in [3.8, 4) is 0 Å². The lowest BCUT2D eigenvalue weighted by molar-refractivity contribution is 0.0907. The second kappa shape index (κ2) is 9.11. The first-order valence-electron chi connectivity index (χ1n) is 10.8. The molecule has 0 radical (unpaired) electrons. The monoisotopic (exact) mass is 482 g/mol. The van der Waals surface area contributed by atoms with Crippen LogP contribution in [0.15, 0.2) is 27.6 Å². The Hall–Kier alpha value is -1.97. The number of amides is 1. The largest absolute Gasteiger partial charge is 0.340 e. The minimum Gasteiger partial charge on any atom is -0.340 e. The van der Waals surface area contributed by atoms with Crippen molar-refractivity contribution in [3.05, 3.63) is 40.5 Å². The van der Waals surface area contributed by atoms with Crippen molar-refractivity contribution >= 4 is 27.5 Å². The summed E-state index contributed by atoms with van der Waals surface area (Å²) in [4.78, 5) is 17.4. The number of halogens is 1. The van der Waals surface area contributed by atoms with Gasteiger partial charge in [-0.2, -0.15) is 9.29 Å². The van der Waals surface area contributed by atoms with Crippen LogP contribution in [-0.4, -0.2) is 41.9 Å². The van der Waals surface area contributed by atoms with Crippen molar-refractivity contribution in [2.45, 2.75) is 76.2 Å². The van der Waals surface area contributed by atoms with Gasteiger partial charge in [0.1, 0.15) is 4.90 Å². The molecular weight excluding hydrogens is 452 g/mol. The molecule has 2 aromatic rings. The van der Waals surface area contributed by atoms with Gasteiger partial charge >= 0.3 is 0 Å². The average Bonchev–Trinajstić information content (AvgIpc) is 3.06. The number of nitrogens with one attached hydrogen (secondary N) is 1. The van der Waals surface area contributed by atoms with Gasteiger partial charge in [-0.3, -0.25) is 4.79 Å². The second-order valence-corrected chi connectivity index (χ2v) is 12.0. The van der Waals surface area contributed by atoms with E-state index in [1.165, 1.54) is 22.5 Å². The van der Waals surface area contributed by atoms with Crippen LogP contribution in [0.1, 0.15) is 82.4 Å². The Bertz CT molecular complexity index is 1080. The summed E-state index contributed by atoms with van der Waals surface area (Å²) in [7, 11) is -3.80. The summed E-state index contributed by atoms with van der Waals surface area (Å²) in [6.45, 7) is 10.3. The summed E-state index contributed by atoms with van der Waals surface area (Å²) in [5.74, 6) is 0.343. The molecule has 1 aliphatic rings. The van der Waals surface area contributed by atoms with Gasteiger partial charge in [0.2, 0.25) is 15.9 Å². The molecule has 0 aliphatic carbocycles. The molecule has 32 heavy (non-hydrogen) atoms. The van der Waals surface area contributed by atoms with Gasteiger partial charge in [0, 0.05) is 24.1 Å². The van der Waals surface area contributed by atoms with Crippen molar-refractivity contribution in [3.63, 3.8) is 0 Å². The Morgan fingerprint density at radius 1 is 1.09 bits per heavy atom. The number of hydrogen-bond donors (Lipinski definition) is 1. The zero-order valence-electron chi connectivity index (χ0n) is 19.2. The highest BCUT2D eigenvalue weighted by Crippen LogP contribution is 2.29. The molecule has 1 N–H and O–H groups in total. The third-order valence-electron chi connectivity index (χ3n) is 5.43. The van der Waals surface area contributed by atoms with Crippen LogP contribution in [0, 0.1) is 0 Å². The van der Waals surface area contributed by atoms with Crippen LogP contribution >= 0.6 is 11.6 Å². The maximum absolute atomic E-state index is 13.2. The standard InChI is InChI=1S/C22H31ClN4O4S/c1-21(2,3)20-24-19(26-31-20)22(4,5)25-18(28)15-10-11-16(23)17(14-15)32(29,30)27-12-8-6-7-9-13-27/h10-11,14H,6-9,12-13H2,1-5H3,(H,25,28). The third kappa shape index (κ3) is 5.32. The summed E-state index contributed by atoms with van der Waals surface area (Å²) in [5, 5.41) is 6.98. The highest BCUT2D eigenvalue weighted by atomic mass is 35.5. The highest BCUT2D eigenvalue weighted by molar-refractivity contribution is 7.89. The SMILES string of the molecule is CC(C)(C)c1nc(C(C)(C)NC(=O)c2ccc(Cl)c(S(=O)(=O)N3CCCCCC3)c2)no1.